The van der Waals surface area contributed by atoms with Crippen molar-refractivity contribution in [1.29, 1.82) is 0 Å². The molecule has 0 fully saturated rings. The summed E-state index contributed by atoms with van der Waals surface area (Å²) < 4.78 is 0. The Bertz CT molecular complexity index is 350. The van der Waals surface area contributed by atoms with Gasteiger partial charge in [-0.15, -0.1) is 11.3 Å². The fraction of sp³-hybridized carbons (Fsp3) is 0.636. The van der Waals surface area contributed by atoms with Crippen LogP contribution < -0.4 is 0 Å². The average Bonchev–Trinajstić information content (AvgIpc) is 2.62. The molecular weight excluding hydrogens is 242 g/mol. The lowest BCUT2D eigenvalue weighted by Gasteiger charge is -1.94. The largest absolute Gasteiger partial charge is 0.477 e. The Balaban J connectivity index is 2.72. The number of aromatic nitrogens is 1. The van der Waals surface area contributed by atoms with E-state index in [2.05, 4.69) is 11.9 Å². The van der Waals surface area contributed by atoms with E-state index in [0.29, 0.717) is 4.88 Å². The summed E-state index contributed by atoms with van der Waals surface area (Å²) in [7, 11) is 0. The number of hydrogen-bond acceptors (Lipinski definition) is 4. The number of carboxylic acids is 1. The van der Waals surface area contributed by atoms with Gasteiger partial charge in [0.1, 0.15) is 9.88 Å². The minimum absolute atomic E-state index is 0.425. The maximum Gasteiger partial charge on any atom is 0.347 e. The van der Waals surface area contributed by atoms with Gasteiger partial charge in [0.15, 0.2) is 0 Å². The van der Waals surface area contributed by atoms with Crippen molar-refractivity contribution in [3.05, 3.63) is 15.6 Å². The first-order chi connectivity index (χ1) is 7.69. The van der Waals surface area contributed by atoms with Crippen LogP contribution in [0.5, 0.6) is 0 Å². The Morgan fingerprint density at radius 2 is 2.19 bits per heavy atom. The molecule has 1 rings (SSSR count). The van der Waals surface area contributed by atoms with E-state index < -0.39 is 5.97 Å². The zero-order chi connectivity index (χ0) is 12.0. The molecule has 5 heteroatoms. The SMILES string of the molecule is CCCSCc1nc(CCC)c(C(=O)O)s1. The molecule has 3 nitrogen and oxygen atoms in total. The standard InChI is InChI=1S/C11H17NO2S2/c1-3-5-8-10(11(13)14)16-9(12-8)7-15-6-4-2/h3-7H2,1-2H3,(H,13,14). The summed E-state index contributed by atoms with van der Waals surface area (Å²) in [4.78, 5) is 15.8. The van der Waals surface area contributed by atoms with Crippen molar-refractivity contribution in [2.75, 3.05) is 5.75 Å². The molecule has 90 valence electrons. The molecule has 1 N–H and O–H groups in total. The number of nitrogens with zero attached hydrogens (tertiary/aromatic N) is 1. The Morgan fingerprint density at radius 1 is 1.44 bits per heavy atom. The summed E-state index contributed by atoms with van der Waals surface area (Å²) in [6.07, 6.45) is 2.84. The van der Waals surface area contributed by atoms with Crippen LogP contribution in [0.4, 0.5) is 0 Å². The van der Waals surface area contributed by atoms with Gasteiger partial charge in [-0.2, -0.15) is 11.8 Å². The highest BCUT2D eigenvalue weighted by Crippen LogP contribution is 2.23. The highest BCUT2D eigenvalue weighted by Gasteiger charge is 2.16. The third kappa shape index (κ3) is 3.79. The predicted molar refractivity (Wildman–Crippen MR) is 69.5 cm³/mol. The maximum absolute atomic E-state index is 11.0. The molecule has 1 aromatic heterocycles. The van der Waals surface area contributed by atoms with Crippen molar-refractivity contribution in [1.82, 2.24) is 4.98 Å². The van der Waals surface area contributed by atoms with Crippen LogP contribution in [0.1, 0.15) is 47.1 Å². The van der Waals surface area contributed by atoms with E-state index in [1.165, 1.54) is 11.3 Å². The highest BCUT2D eigenvalue weighted by molar-refractivity contribution is 7.98. The molecule has 0 saturated heterocycles. The number of thiazole rings is 1. The van der Waals surface area contributed by atoms with Gasteiger partial charge < -0.3 is 5.11 Å². The Labute approximate surface area is 104 Å². The van der Waals surface area contributed by atoms with Gasteiger partial charge in [0.2, 0.25) is 0 Å². The lowest BCUT2D eigenvalue weighted by molar-refractivity contribution is 0.0700. The van der Waals surface area contributed by atoms with Crippen molar-refractivity contribution in [2.24, 2.45) is 0 Å². The van der Waals surface area contributed by atoms with Gasteiger partial charge >= 0.3 is 5.97 Å². The van der Waals surface area contributed by atoms with Crippen LogP contribution in [0, 0.1) is 0 Å². The molecule has 0 amide bonds. The summed E-state index contributed by atoms with van der Waals surface area (Å²) in [6, 6.07) is 0. The van der Waals surface area contributed by atoms with E-state index in [-0.39, 0.29) is 0 Å². The topological polar surface area (TPSA) is 50.2 Å². The van der Waals surface area contributed by atoms with Gasteiger partial charge in [0.25, 0.3) is 0 Å². The van der Waals surface area contributed by atoms with Crippen LogP contribution in [0.2, 0.25) is 0 Å². The third-order valence-corrected chi connectivity index (χ3v) is 4.44. The molecule has 0 saturated carbocycles. The molecule has 0 aliphatic carbocycles. The molecule has 0 spiro atoms. The molecule has 1 aromatic rings. The second-order valence-corrected chi connectivity index (χ2v) is 5.68. The summed E-state index contributed by atoms with van der Waals surface area (Å²) in [5.41, 5.74) is 0.757. The van der Waals surface area contributed by atoms with Crippen molar-refractivity contribution in [3.63, 3.8) is 0 Å². The number of aryl methyl sites for hydroxylation is 1. The monoisotopic (exact) mass is 259 g/mol. The average molecular weight is 259 g/mol. The number of thioether (sulfide) groups is 1. The van der Waals surface area contributed by atoms with Gasteiger partial charge in [-0.25, -0.2) is 9.78 Å². The second-order valence-electron chi connectivity index (χ2n) is 3.49. The lowest BCUT2D eigenvalue weighted by atomic mass is 10.2. The first-order valence-corrected chi connectivity index (χ1v) is 7.45. The van der Waals surface area contributed by atoms with Crippen LogP contribution in [0.3, 0.4) is 0 Å². The molecule has 0 unspecified atom stereocenters. The van der Waals surface area contributed by atoms with E-state index in [1.54, 1.807) is 0 Å². The Kier molecular flexibility index (Phi) is 5.84. The zero-order valence-electron chi connectivity index (χ0n) is 9.65. The first-order valence-electron chi connectivity index (χ1n) is 5.48. The molecular formula is C11H17NO2S2. The van der Waals surface area contributed by atoms with E-state index in [0.717, 1.165) is 41.5 Å². The van der Waals surface area contributed by atoms with Crippen LogP contribution in [-0.2, 0) is 12.2 Å². The number of hydrogen-bond donors (Lipinski definition) is 1. The van der Waals surface area contributed by atoms with E-state index in [1.807, 2.05) is 18.7 Å². The van der Waals surface area contributed by atoms with Gasteiger partial charge in [-0.3, -0.25) is 0 Å². The second kappa shape index (κ2) is 6.91. The first kappa shape index (κ1) is 13.5. The normalized spacial score (nSPS) is 10.6. The molecule has 0 aliphatic heterocycles. The number of carbonyl (C=O) groups is 1. The number of carboxylic acid groups (broad SMARTS) is 1. The number of rotatable bonds is 7. The summed E-state index contributed by atoms with van der Waals surface area (Å²) >= 11 is 3.14. The van der Waals surface area contributed by atoms with Crippen molar-refractivity contribution in [3.8, 4) is 0 Å². The molecule has 0 radical (unpaired) electrons. The number of aromatic carboxylic acids is 1. The van der Waals surface area contributed by atoms with Crippen LogP contribution in [-0.4, -0.2) is 21.8 Å². The minimum Gasteiger partial charge on any atom is -0.477 e. The van der Waals surface area contributed by atoms with Gasteiger partial charge in [0.05, 0.1) is 5.69 Å². The predicted octanol–water partition coefficient (Wildman–Crippen LogP) is 3.44. The summed E-state index contributed by atoms with van der Waals surface area (Å²) in [6.45, 7) is 4.18. The Hall–Kier alpha value is -0.550. The van der Waals surface area contributed by atoms with Crippen molar-refractivity contribution < 1.29 is 9.90 Å². The fourth-order valence-corrected chi connectivity index (χ4v) is 3.24. The molecule has 16 heavy (non-hydrogen) atoms. The van der Waals surface area contributed by atoms with Crippen molar-refractivity contribution >= 4 is 29.1 Å². The van der Waals surface area contributed by atoms with Crippen molar-refractivity contribution in [2.45, 2.75) is 38.9 Å². The van der Waals surface area contributed by atoms with E-state index in [9.17, 15) is 4.79 Å². The minimum atomic E-state index is -0.840. The van der Waals surface area contributed by atoms with Crippen LogP contribution in [0.25, 0.3) is 0 Å². The summed E-state index contributed by atoms with van der Waals surface area (Å²) in [5, 5.41) is 9.98. The fourth-order valence-electron chi connectivity index (χ4n) is 1.34. The highest BCUT2D eigenvalue weighted by atomic mass is 32.2. The Morgan fingerprint density at radius 3 is 2.75 bits per heavy atom. The van der Waals surface area contributed by atoms with E-state index >= 15 is 0 Å². The van der Waals surface area contributed by atoms with Gasteiger partial charge in [-0.1, -0.05) is 20.3 Å². The maximum atomic E-state index is 11.0. The third-order valence-electron chi connectivity index (χ3n) is 2.00. The molecule has 0 aromatic carbocycles. The molecule has 0 aliphatic rings. The molecule has 0 bridgehead atoms. The molecule has 0 atom stereocenters. The lowest BCUT2D eigenvalue weighted by Crippen LogP contribution is -1.98. The van der Waals surface area contributed by atoms with Crippen LogP contribution in [0.15, 0.2) is 0 Å². The smallest absolute Gasteiger partial charge is 0.347 e. The van der Waals surface area contributed by atoms with Gasteiger partial charge in [-0.05, 0) is 18.6 Å². The summed E-state index contributed by atoms with van der Waals surface area (Å²) in [5.74, 6) is 1.10. The quantitative estimate of drug-likeness (QED) is 0.762. The van der Waals surface area contributed by atoms with E-state index in [4.69, 9.17) is 5.11 Å². The molecule has 1 heterocycles. The van der Waals surface area contributed by atoms with Gasteiger partial charge in [0, 0.05) is 5.75 Å². The zero-order valence-corrected chi connectivity index (χ0v) is 11.3. The van der Waals surface area contributed by atoms with Crippen LogP contribution >= 0.6 is 23.1 Å².